The van der Waals surface area contributed by atoms with Gasteiger partial charge >= 0.3 is 0 Å². The smallest absolute Gasteiger partial charge is 0.240 e. The molecule has 0 atom stereocenters. The van der Waals surface area contributed by atoms with Crippen molar-refractivity contribution in [1.29, 1.82) is 0 Å². The van der Waals surface area contributed by atoms with Crippen LogP contribution in [0.1, 0.15) is 16.1 Å². The van der Waals surface area contributed by atoms with Gasteiger partial charge in [-0.05, 0) is 24.1 Å². The van der Waals surface area contributed by atoms with Crippen LogP contribution in [-0.4, -0.2) is 25.1 Å². The molecule has 1 heterocycles. The quantitative estimate of drug-likeness (QED) is 0.846. The SMILES string of the molecule is Cc1c(CO)cccc1S(=O)(=O)NCCc1nccs1. The Balaban J connectivity index is 2.10. The molecule has 0 unspecified atom stereocenters. The lowest BCUT2D eigenvalue weighted by molar-refractivity contribution is 0.280. The summed E-state index contributed by atoms with van der Waals surface area (Å²) in [5, 5.41) is 11.9. The van der Waals surface area contributed by atoms with E-state index in [-0.39, 0.29) is 11.5 Å². The highest BCUT2D eigenvalue weighted by Gasteiger charge is 2.17. The van der Waals surface area contributed by atoms with E-state index in [0.717, 1.165) is 5.01 Å². The molecule has 0 fully saturated rings. The number of nitrogens with one attached hydrogen (secondary N) is 1. The van der Waals surface area contributed by atoms with Crippen molar-refractivity contribution in [2.45, 2.75) is 24.8 Å². The summed E-state index contributed by atoms with van der Waals surface area (Å²) in [7, 11) is -3.56. The Labute approximate surface area is 122 Å². The number of aromatic nitrogens is 1. The highest BCUT2D eigenvalue weighted by Crippen LogP contribution is 2.18. The van der Waals surface area contributed by atoms with Gasteiger partial charge in [0.15, 0.2) is 0 Å². The van der Waals surface area contributed by atoms with Crippen molar-refractivity contribution in [1.82, 2.24) is 9.71 Å². The average Bonchev–Trinajstić information content (AvgIpc) is 2.91. The zero-order valence-electron chi connectivity index (χ0n) is 11.0. The van der Waals surface area contributed by atoms with Crippen molar-refractivity contribution < 1.29 is 13.5 Å². The molecule has 5 nitrogen and oxygen atoms in total. The molecular formula is C13H16N2O3S2. The number of aliphatic hydroxyl groups is 1. The van der Waals surface area contributed by atoms with E-state index in [1.807, 2.05) is 5.38 Å². The summed E-state index contributed by atoms with van der Waals surface area (Å²) < 4.78 is 27.0. The van der Waals surface area contributed by atoms with Crippen LogP contribution < -0.4 is 4.72 Å². The van der Waals surface area contributed by atoms with Gasteiger partial charge in [-0.3, -0.25) is 0 Å². The molecule has 7 heteroatoms. The lowest BCUT2D eigenvalue weighted by Gasteiger charge is -2.11. The van der Waals surface area contributed by atoms with Crippen LogP contribution in [0, 0.1) is 6.92 Å². The van der Waals surface area contributed by atoms with Crippen LogP contribution in [0.2, 0.25) is 0 Å². The molecule has 0 aliphatic heterocycles. The van der Waals surface area contributed by atoms with E-state index in [1.54, 1.807) is 31.3 Å². The van der Waals surface area contributed by atoms with Gasteiger partial charge in [0, 0.05) is 24.5 Å². The molecule has 0 spiro atoms. The van der Waals surface area contributed by atoms with E-state index in [1.165, 1.54) is 11.3 Å². The number of aliphatic hydroxyl groups excluding tert-OH is 1. The predicted octanol–water partition coefficient (Wildman–Crippen LogP) is 1.46. The third-order valence-electron chi connectivity index (χ3n) is 2.97. The van der Waals surface area contributed by atoms with E-state index >= 15 is 0 Å². The Kier molecular flexibility index (Phi) is 4.87. The highest BCUT2D eigenvalue weighted by atomic mass is 32.2. The molecule has 0 saturated carbocycles. The van der Waals surface area contributed by atoms with Crippen LogP contribution in [0.5, 0.6) is 0 Å². The molecule has 0 aliphatic carbocycles. The fraction of sp³-hybridized carbons (Fsp3) is 0.308. The lowest BCUT2D eigenvalue weighted by Crippen LogP contribution is -2.26. The molecule has 1 aromatic heterocycles. The minimum atomic E-state index is -3.56. The molecule has 2 N–H and O–H groups in total. The first-order valence-electron chi connectivity index (χ1n) is 6.12. The van der Waals surface area contributed by atoms with E-state index in [2.05, 4.69) is 9.71 Å². The van der Waals surface area contributed by atoms with Gasteiger partial charge in [0.1, 0.15) is 0 Å². The molecule has 0 radical (unpaired) electrons. The summed E-state index contributed by atoms with van der Waals surface area (Å²) in [5.41, 5.74) is 1.20. The largest absolute Gasteiger partial charge is 0.392 e. The van der Waals surface area contributed by atoms with Gasteiger partial charge in [0.2, 0.25) is 10.0 Å². The minimum Gasteiger partial charge on any atom is -0.392 e. The highest BCUT2D eigenvalue weighted by molar-refractivity contribution is 7.89. The summed E-state index contributed by atoms with van der Waals surface area (Å²) >= 11 is 1.50. The molecule has 0 saturated heterocycles. The first-order chi connectivity index (χ1) is 9.54. The number of hydrogen-bond donors (Lipinski definition) is 2. The second-order valence-corrected chi connectivity index (χ2v) is 6.99. The number of sulfonamides is 1. The predicted molar refractivity (Wildman–Crippen MR) is 78.1 cm³/mol. The molecular weight excluding hydrogens is 296 g/mol. The standard InChI is InChI=1S/C13H16N2O3S2/c1-10-11(9-16)3-2-4-12(10)20(17,18)15-6-5-13-14-7-8-19-13/h2-4,7-8,15-16H,5-6,9H2,1H3. The Hall–Kier alpha value is -1.28. The van der Waals surface area contributed by atoms with E-state index in [9.17, 15) is 13.5 Å². The topological polar surface area (TPSA) is 79.3 Å². The maximum Gasteiger partial charge on any atom is 0.240 e. The fourth-order valence-corrected chi connectivity index (χ4v) is 3.81. The third kappa shape index (κ3) is 3.43. The summed E-state index contributed by atoms with van der Waals surface area (Å²) in [6.45, 7) is 1.83. The molecule has 20 heavy (non-hydrogen) atoms. The van der Waals surface area contributed by atoms with Crippen LogP contribution in [0.25, 0.3) is 0 Å². The molecule has 0 aliphatic rings. The summed E-state index contributed by atoms with van der Waals surface area (Å²) in [5.74, 6) is 0. The molecule has 0 amide bonds. The molecule has 2 aromatic rings. The second kappa shape index (κ2) is 6.45. The first-order valence-corrected chi connectivity index (χ1v) is 8.48. The summed E-state index contributed by atoms with van der Waals surface area (Å²) in [4.78, 5) is 4.32. The van der Waals surface area contributed by atoms with Crippen molar-refractivity contribution in [2.75, 3.05) is 6.54 Å². The van der Waals surface area contributed by atoms with Crippen LogP contribution in [0.4, 0.5) is 0 Å². The third-order valence-corrected chi connectivity index (χ3v) is 5.42. The first kappa shape index (κ1) is 15.1. The van der Waals surface area contributed by atoms with Crippen LogP contribution in [0.3, 0.4) is 0 Å². The van der Waals surface area contributed by atoms with Crippen molar-refractivity contribution in [3.8, 4) is 0 Å². The zero-order valence-corrected chi connectivity index (χ0v) is 12.7. The van der Waals surface area contributed by atoms with Crippen molar-refractivity contribution in [3.05, 3.63) is 45.9 Å². The lowest BCUT2D eigenvalue weighted by atomic mass is 10.1. The molecule has 108 valence electrons. The number of rotatable bonds is 6. The van der Waals surface area contributed by atoms with E-state index in [4.69, 9.17) is 0 Å². The Bertz CT molecular complexity index is 667. The van der Waals surface area contributed by atoms with E-state index < -0.39 is 10.0 Å². The number of benzene rings is 1. The van der Waals surface area contributed by atoms with Gasteiger partial charge in [-0.25, -0.2) is 18.1 Å². The minimum absolute atomic E-state index is 0.172. The number of thiazole rings is 1. The Morgan fingerprint density at radius 1 is 1.40 bits per heavy atom. The monoisotopic (exact) mass is 312 g/mol. The summed E-state index contributed by atoms with van der Waals surface area (Å²) in [6, 6.07) is 4.89. The fourth-order valence-electron chi connectivity index (χ4n) is 1.87. The second-order valence-electron chi connectivity index (χ2n) is 4.27. The maximum absolute atomic E-state index is 12.2. The number of nitrogens with zero attached hydrogens (tertiary/aromatic N) is 1. The van der Waals surface area contributed by atoms with Gasteiger partial charge in [-0.15, -0.1) is 11.3 Å². The maximum atomic E-state index is 12.2. The van der Waals surface area contributed by atoms with E-state index in [0.29, 0.717) is 24.1 Å². The van der Waals surface area contributed by atoms with Crippen molar-refractivity contribution >= 4 is 21.4 Å². The van der Waals surface area contributed by atoms with Crippen molar-refractivity contribution in [3.63, 3.8) is 0 Å². The van der Waals surface area contributed by atoms with Crippen molar-refractivity contribution in [2.24, 2.45) is 0 Å². The van der Waals surface area contributed by atoms with Crippen LogP contribution in [-0.2, 0) is 23.1 Å². The molecule has 1 aromatic carbocycles. The van der Waals surface area contributed by atoms with Crippen LogP contribution >= 0.6 is 11.3 Å². The Morgan fingerprint density at radius 3 is 2.85 bits per heavy atom. The normalized spacial score (nSPS) is 11.7. The van der Waals surface area contributed by atoms with Crippen LogP contribution in [0.15, 0.2) is 34.7 Å². The molecule has 2 rings (SSSR count). The average molecular weight is 312 g/mol. The Morgan fingerprint density at radius 2 is 2.20 bits per heavy atom. The molecule has 0 bridgehead atoms. The van der Waals surface area contributed by atoms with Gasteiger partial charge in [0.25, 0.3) is 0 Å². The van der Waals surface area contributed by atoms with Gasteiger partial charge < -0.3 is 5.11 Å². The zero-order chi connectivity index (χ0) is 14.6. The van der Waals surface area contributed by atoms with Gasteiger partial charge in [0.05, 0.1) is 16.5 Å². The number of hydrogen-bond acceptors (Lipinski definition) is 5. The van der Waals surface area contributed by atoms with Gasteiger partial charge in [-0.2, -0.15) is 0 Å². The van der Waals surface area contributed by atoms with Gasteiger partial charge in [-0.1, -0.05) is 12.1 Å². The summed E-state index contributed by atoms with van der Waals surface area (Å²) in [6.07, 6.45) is 2.26.